The van der Waals surface area contributed by atoms with Crippen molar-refractivity contribution >= 4 is 16.9 Å². The van der Waals surface area contributed by atoms with E-state index in [1.54, 1.807) is 23.2 Å². The highest BCUT2D eigenvalue weighted by Crippen LogP contribution is 2.20. The zero-order valence-electron chi connectivity index (χ0n) is 17.4. The number of hydrogen-bond acceptors (Lipinski definition) is 7. The van der Waals surface area contributed by atoms with E-state index in [9.17, 15) is 14.9 Å². The molecule has 1 unspecified atom stereocenters. The van der Waals surface area contributed by atoms with Crippen LogP contribution in [0, 0.1) is 18.3 Å². The molecule has 0 bridgehead atoms. The molecule has 9 nitrogen and oxygen atoms in total. The molecule has 0 radical (unpaired) electrons. The molecule has 4 rings (SSSR count). The van der Waals surface area contributed by atoms with Crippen molar-refractivity contribution in [2.45, 2.75) is 39.3 Å². The van der Waals surface area contributed by atoms with Crippen molar-refractivity contribution in [2.75, 3.05) is 13.1 Å². The third kappa shape index (κ3) is 3.97. The maximum absolute atomic E-state index is 13.3. The van der Waals surface area contributed by atoms with Crippen molar-refractivity contribution in [3.05, 3.63) is 57.9 Å². The Morgan fingerprint density at radius 2 is 2.13 bits per heavy atom. The average Bonchev–Trinajstić information content (AvgIpc) is 2.79. The smallest absolute Gasteiger partial charge is 0.259 e. The molecular weight excluding hydrogens is 396 g/mol. The molecule has 1 amide bonds. The van der Waals surface area contributed by atoms with Gasteiger partial charge in [-0.1, -0.05) is 0 Å². The van der Waals surface area contributed by atoms with Crippen LogP contribution in [0.3, 0.4) is 0 Å². The van der Waals surface area contributed by atoms with E-state index in [4.69, 9.17) is 4.74 Å². The molecular formula is C22H22N6O3. The Labute approximate surface area is 178 Å². The monoisotopic (exact) mass is 418 g/mol. The van der Waals surface area contributed by atoms with Gasteiger partial charge >= 0.3 is 0 Å². The molecule has 0 aliphatic carbocycles. The number of rotatable bonds is 4. The fourth-order valence-corrected chi connectivity index (χ4v) is 3.79. The second-order valence-corrected chi connectivity index (χ2v) is 7.44. The second-order valence-electron chi connectivity index (χ2n) is 7.44. The number of aromatic nitrogens is 4. The minimum atomic E-state index is -0.334. The van der Waals surface area contributed by atoms with Crippen molar-refractivity contribution in [3.63, 3.8) is 0 Å². The molecule has 0 aromatic carbocycles. The Kier molecular flexibility index (Phi) is 5.62. The molecule has 9 heteroatoms. The summed E-state index contributed by atoms with van der Waals surface area (Å²) in [5, 5.41) is 9.61. The van der Waals surface area contributed by atoms with Gasteiger partial charge in [0.1, 0.15) is 23.4 Å². The SMILES string of the molecule is CCn1cc(C(=O)N2CCCC(Oc3nccnc3C#N)C2)c(=O)c2ccc(C)nc21. The number of aryl methyl sites for hydroxylation is 2. The van der Waals surface area contributed by atoms with Gasteiger partial charge in [-0.3, -0.25) is 9.59 Å². The molecule has 3 aromatic rings. The predicted octanol–water partition coefficient (Wildman–Crippen LogP) is 2.07. The van der Waals surface area contributed by atoms with E-state index in [0.29, 0.717) is 37.1 Å². The van der Waals surface area contributed by atoms with Gasteiger partial charge in [-0.2, -0.15) is 5.26 Å². The van der Waals surface area contributed by atoms with Gasteiger partial charge in [0.25, 0.3) is 11.8 Å². The minimum absolute atomic E-state index is 0.106. The summed E-state index contributed by atoms with van der Waals surface area (Å²) >= 11 is 0. The number of likely N-dealkylation sites (tertiary alicyclic amines) is 1. The zero-order valence-corrected chi connectivity index (χ0v) is 17.4. The summed E-state index contributed by atoms with van der Waals surface area (Å²) in [5.74, 6) is -0.174. The Morgan fingerprint density at radius 3 is 2.90 bits per heavy atom. The van der Waals surface area contributed by atoms with Crippen LogP contribution in [0.5, 0.6) is 5.88 Å². The Hall–Kier alpha value is -3.80. The summed E-state index contributed by atoms with van der Waals surface area (Å²) in [5.41, 5.74) is 1.30. The van der Waals surface area contributed by atoms with Crippen molar-refractivity contribution in [3.8, 4) is 11.9 Å². The first kappa shape index (κ1) is 20.5. The standard InChI is InChI=1S/C22H22N6O3/c1-3-27-13-17(19(29)16-7-6-14(2)26-20(16)27)22(30)28-10-4-5-15(12-28)31-21-18(11-23)24-8-9-25-21/h6-9,13,15H,3-5,10,12H2,1-2H3. The van der Waals surface area contributed by atoms with Crippen LogP contribution in [-0.2, 0) is 6.54 Å². The molecule has 1 fully saturated rings. The molecule has 31 heavy (non-hydrogen) atoms. The highest BCUT2D eigenvalue weighted by Gasteiger charge is 2.29. The van der Waals surface area contributed by atoms with Crippen molar-refractivity contribution in [1.29, 1.82) is 5.26 Å². The molecule has 0 saturated carbocycles. The van der Waals surface area contributed by atoms with E-state index in [1.165, 1.54) is 12.4 Å². The second kappa shape index (κ2) is 8.52. The predicted molar refractivity (Wildman–Crippen MR) is 113 cm³/mol. The topological polar surface area (TPSA) is 114 Å². The molecule has 1 saturated heterocycles. The first-order chi connectivity index (χ1) is 15.0. The molecule has 0 N–H and O–H groups in total. The number of fused-ring (bicyclic) bond motifs is 1. The molecule has 3 aromatic heterocycles. The first-order valence-electron chi connectivity index (χ1n) is 10.2. The van der Waals surface area contributed by atoms with Crippen molar-refractivity contribution in [2.24, 2.45) is 0 Å². The van der Waals surface area contributed by atoms with Crippen LogP contribution >= 0.6 is 0 Å². The Balaban J connectivity index is 1.61. The lowest BCUT2D eigenvalue weighted by atomic mass is 10.1. The zero-order chi connectivity index (χ0) is 22.0. The number of amides is 1. The number of pyridine rings is 2. The molecule has 1 aliphatic heterocycles. The van der Waals surface area contributed by atoms with Gasteiger partial charge in [0.15, 0.2) is 0 Å². The van der Waals surface area contributed by atoms with Crippen LogP contribution < -0.4 is 10.2 Å². The minimum Gasteiger partial charge on any atom is -0.470 e. The summed E-state index contributed by atoms with van der Waals surface area (Å²) in [7, 11) is 0. The maximum Gasteiger partial charge on any atom is 0.259 e. The number of carbonyl (C=O) groups excluding carboxylic acids is 1. The number of ether oxygens (including phenoxy) is 1. The lowest BCUT2D eigenvalue weighted by Crippen LogP contribution is -2.45. The first-order valence-corrected chi connectivity index (χ1v) is 10.2. The van der Waals surface area contributed by atoms with Crippen molar-refractivity contribution < 1.29 is 9.53 Å². The lowest BCUT2D eigenvalue weighted by molar-refractivity contribution is 0.0524. The molecule has 1 aliphatic rings. The number of hydrogen-bond donors (Lipinski definition) is 0. The summed E-state index contributed by atoms with van der Waals surface area (Å²) in [6.45, 7) is 5.23. The Morgan fingerprint density at radius 1 is 1.32 bits per heavy atom. The number of carbonyl (C=O) groups is 1. The van der Waals surface area contributed by atoms with Gasteiger partial charge in [-0.05, 0) is 38.8 Å². The van der Waals surface area contributed by atoms with Crippen LogP contribution in [0.4, 0.5) is 0 Å². The summed E-state index contributed by atoms with van der Waals surface area (Å²) < 4.78 is 7.70. The van der Waals surface area contributed by atoms with E-state index in [1.807, 2.05) is 24.5 Å². The van der Waals surface area contributed by atoms with Crippen LogP contribution in [-0.4, -0.2) is 49.5 Å². The third-order valence-electron chi connectivity index (χ3n) is 5.35. The van der Waals surface area contributed by atoms with E-state index in [-0.39, 0.29) is 34.6 Å². The number of piperidine rings is 1. The van der Waals surface area contributed by atoms with Gasteiger partial charge in [0.2, 0.25) is 11.1 Å². The molecule has 1 atom stereocenters. The third-order valence-corrected chi connectivity index (χ3v) is 5.35. The Bertz CT molecular complexity index is 1250. The van der Waals surface area contributed by atoms with Gasteiger partial charge in [0, 0.05) is 37.4 Å². The number of nitriles is 1. The average molecular weight is 418 g/mol. The van der Waals surface area contributed by atoms with Crippen LogP contribution in [0.15, 0.2) is 35.5 Å². The van der Waals surface area contributed by atoms with Crippen LogP contribution in [0.2, 0.25) is 0 Å². The van der Waals surface area contributed by atoms with E-state index < -0.39 is 0 Å². The fraction of sp³-hybridized carbons (Fsp3) is 0.364. The van der Waals surface area contributed by atoms with Crippen LogP contribution in [0.1, 0.15) is 41.5 Å². The van der Waals surface area contributed by atoms with E-state index in [0.717, 1.165) is 12.1 Å². The van der Waals surface area contributed by atoms with Crippen LogP contribution in [0.25, 0.3) is 11.0 Å². The maximum atomic E-state index is 13.3. The van der Waals surface area contributed by atoms with Gasteiger partial charge in [0.05, 0.1) is 11.9 Å². The summed E-state index contributed by atoms with van der Waals surface area (Å²) in [6.07, 6.45) is 5.58. The summed E-state index contributed by atoms with van der Waals surface area (Å²) in [6, 6.07) is 5.46. The molecule has 158 valence electrons. The lowest BCUT2D eigenvalue weighted by Gasteiger charge is -2.32. The summed E-state index contributed by atoms with van der Waals surface area (Å²) in [4.78, 5) is 40.5. The quantitative estimate of drug-likeness (QED) is 0.637. The fourth-order valence-electron chi connectivity index (χ4n) is 3.79. The normalized spacial score (nSPS) is 16.2. The number of nitrogens with zero attached hydrogens (tertiary/aromatic N) is 6. The van der Waals surface area contributed by atoms with E-state index in [2.05, 4.69) is 15.0 Å². The van der Waals surface area contributed by atoms with Gasteiger partial charge in [-0.15, -0.1) is 0 Å². The largest absolute Gasteiger partial charge is 0.470 e. The molecule has 0 spiro atoms. The van der Waals surface area contributed by atoms with Gasteiger partial charge < -0.3 is 14.2 Å². The van der Waals surface area contributed by atoms with Gasteiger partial charge in [-0.25, -0.2) is 15.0 Å². The highest BCUT2D eigenvalue weighted by molar-refractivity contribution is 5.97. The van der Waals surface area contributed by atoms with E-state index >= 15 is 0 Å². The van der Waals surface area contributed by atoms with Crippen molar-refractivity contribution in [1.82, 2.24) is 24.4 Å². The highest BCUT2D eigenvalue weighted by atomic mass is 16.5. The molecule has 4 heterocycles.